The van der Waals surface area contributed by atoms with Crippen molar-refractivity contribution in [3.8, 4) is 11.1 Å². The van der Waals surface area contributed by atoms with Crippen LogP contribution >= 0.6 is 22.9 Å². The fraction of sp³-hybridized carbons (Fsp3) is 0.308. The Kier molecular flexibility index (Phi) is 7.88. The number of rotatable bonds is 7. The number of ether oxygens (including phenoxy) is 1. The first kappa shape index (κ1) is 24.3. The van der Waals surface area contributed by atoms with Crippen LogP contribution in [0.4, 0.5) is 10.7 Å². The van der Waals surface area contributed by atoms with Crippen LogP contribution in [0.1, 0.15) is 22.8 Å². The van der Waals surface area contributed by atoms with Crippen molar-refractivity contribution in [2.45, 2.75) is 13.8 Å². The van der Waals surface area contributed by atoms with E-state index in [1.165, 1.54) is 16.9 Å². The lowest BCUT2D eigenvalue weighted by Gasteiger charge is -2.36. The van der Waals surface area contributed by atoms with Gasteiger partial charge in [-0.15, -0.1) is 11.3 Å². The van der Waals surface area contributed by atoms with Gasteiger partial charge in [0.2, 0.25) is 5.91 Å². The summed E-state index contributed by atoms with van der Waals surface area (Å²) in [7, 11) is 0. The Labute approximate surface area is 209 Å². The number of nitrogens with one attached hydrogen (secondary N) is 1. The van der Waals surface area contributed by atoms with Crippen LogP contribution in [0.3, 0.4) is 0 Å². The van der Waals surface area contributed by atoms with Crippen molar-refractivity contribution in [1.82, 2.24) is 4.90 Å². The molecule has 178 valence electrons. The van der Waals surface area contributed by atoms with E-state index in [1.54, 1.807) is 6.92 Å². The summed E-state index contributed by atoms with van der Waals surface area (Å²) in [6.45, 7) is 7.56. The predicted molar refractivity (Wildman–Crippen MR) is 139 cm³/mol. The molecule has 0 atom stereocenters. The first-order valence-corrected chi connectivity index (χ1v) is 12.6. The van der Waals surface area contributed by atoms with Crippen LogP contribution in [0.5, 0.6) is 0 Å². The first-order chi connectivity index (χ1) is 16.5. The summed E-state index contributed by atoms with van der Waals surface area (Å²) in [5.41, 5.74) is 4.42. The molecule has 0 aliphatic carbocycles. The Bertz CT molecular complexity index is 1160. The highest BCUT2D eigenvalue weighted by Gasteiger charge is 2.25. The lowest BCUT2D eigenvalue weighted by molar-refractivity contribution is -0.117. The number of nitrogens with zero attached hydrogens (tertiary/aromatic N) is 2. The monoisotopic (exact) mass is 497 g/mol. The highest BCUT2D eigenvalue weighted by molar-refractivity contribution is 7.15. The Morgan fingerprint density at radius 1 is 1.09 bits per heavy atom. The molecule has 34 heavy (non-hydrogen) atoms. The summed E-state index contributed by atoms with van der Waals surface area (Å²) < 4.78 is 5.28. The van der Waals surface area contributed by atoms with E-state index in [0.717, 1.165) is 48.0 Å². The molecule has 1 aliphatic rings. The average Bonchev–Trinajstić information content (AvgIpc) is 3.25. The number of aryl methyl sites for hydroxylation is 1. The largest absolute Gasteiger partial charge is 0.462 e. The maximum Gasteiger partial charge on any atom is 0.341 e. The fourth-order valence-corrected chi connectivity index (χ4v) is 5.27. The number of halogens is 1. The van der Waals surface area contributed by atoms with E-state index in [9.17, 15) is 9.59 Å². The molecule has 6 nitrogen and oxygen atoms in total. The van der Waals surface area contributed by atoms with Gasteiger partial charge in [0.15, 0.2) is 0 Å². The van der Waals surface area contributed by atoms with Crippen molar-refractivity contribution in [2.24, 2.45) is 0 Å². The van der Waals surface area contributed by atoms with Gasteiger partial charge >= 0.3 is 5.97 Å². The van der Waals surface area contributed by atoms with Crippen LogP contribution in [0.25, 0.3) is 11.1 Å². The maximum atomic E-state index is 12.9. The molecule has 1 aliphatic heterocycles. The van der Waals surface area contributed by atoms with Crippen molar-refractivity contribution in [1.29, 1.82) is 0 Å². The normalized spacial score (nSPS) is 14.1. The number of esters is 1. The molecule has 1 aromatic heterocycles. The third kappa shape index (κ3) is 5.60. The number of hydrogen-bond acceptors (Lipinski definition) is 6. The van der Waals surface area contributed by atoms with Crippen LogP contribution < -0.4 is 10.2 Å². The molecule has 0 bridgehead atoms. The molecule has 8 heteroatoms. The molecule has 0 unspecified atom stereocenters. The molecule has 1 saturated heterocycles. The number of piperazine rings is 1. The zero-order valence-electron chi connectivity index (χ0n) is 19.3. The summed E-state index contributed by atoms with van der Waals surface area (Å²) in [5, 5.41) is 6.10. The van der Waals surface area contributed by atoms with Crippen LogP contribution in [0.2, 0.25) is 5.02 Å². The first-order valence-electron chi connectivity index (χ1n) is 11.3. The summed E-state index contributed by atoms with van der Waals surface area (Å²) in [5.74, 6) is -0.567. The molecule has 0 radical (unpaired) electrons. The Morgan fingerprint density at radius 2 is 1.82 bits per heavy atom. The van der Waals surface area contributed by atoms with Crippen molar-refractivity contribution >= 4 is 45.5 Å². The van der Waals surface area contributed by atoms with Gasteiger partial charge in [0.1, 0.15) is 10.6 Å². The summed E-state index contributed by atoms with van der Waals surface area (Å²) in [6, 6.07) is 15.6. The van der Waals surface area contributed by atoms with Gasteiger partial charge in [-0.3, -0.25) is 9.69 Å². The molecule has 2 heterocycles. The summed E-state index contributed by atoms with van der Waals surface area (Å²) >= 11 is 7.53. The minimum absolute atomic E-state index is 0.139. The van der Waals surface area contributed by atoms with Gasteiger partial charge in [-0.1, -0.05) is 48.0 Å². The Balaban J connectivity index is 1.41. The third-order valence-corrected chi connectivity index (χ3v) is 6.99. The van der Waals surface area contributed by atoms with Gasteiger partial charge in [0.05, 0.1) is 13.2 Å². The summed E-state index contributed by atoms with van der Waals surface area (Å²) in [6.07, 6.45) is 0. The number of benzene rings is 2. The van der Waals surface area contributed by atoms with Gasteiger partial charge in [-0.2, -0.15) is 0 Å². The molecule has 4 rings (SSSR count). The van der Waals surface area contributed by atoms with Gasteiger partial charge < -0.3 is 15.0 Å². The molecular weight excluding hydrogens is 470 g/mol. The van der Waals surface area contributed by atoms with E-state index >= 15 is 0 Å². The minimum atomic E-state index is -0.427. The fourth-order valence-electron chi connectivity index (χ4n) is 4.13. The lowest BCUT2D eigenvalue weighted by atomic mass is 10.0. The zero-order valence-corrected chi connectivity index (χ0v) is 20.9. The van der Waals surface area contributed by atoms with E-state index in [1.807, 2.05) is 53.9 Å². The predicted octanol–water partition coefficient (Wildman–Crippen LogP) is 5.31. The zero-order chi connectivity index (χ0) is 24.1. The van der Waals surface area contributed by atoms with Crippen molar-refractivity contribution in [3.63, 3.8) is 0 Å². The van der Waals surface area contributed by atoms with E-state index in [2.05, 4.69) is 22.0 Å². The summed E-state index contributed by atoms with van der Waals surface area (Å²) in [4.78, 5) is 30.0. The molecule has 0 saturated carbocycles. The standard InChI is InChI=1S/C26H28ClN3O3S/c1-3-33-26(32)24-21(19-7-5-4-6-8-19)17-34-25(24)28-23(31)16-29-11-13-30(14-12-29)22-15-20(27)10-9-18(22)2/h4-10,15,17H,3,11-14,16H2,1-2H3,(H,28,31). The molecular formula is C26H28ClN3O3S. The van der Waals surface area contributed by atoms with Gasteiger partial charge in [0, 0.05) is 47.8 Å². The van der Waals surface area contributed by atoms with E-state index in [4.69, 9.17) is 16.3 Å². The van der Waals surface area contributed by atoms with Crippen LogP contribution in [-0.4, -0.2) is 56.1 Å². The number of anilines is 2. The second-order valence-electron chi connectivity index (χ2n) is 8.18. The van der Waals surface area contributed by atoms with Crippen molar-refractivity contribution < 1.29 is 14.3 Å². The number of carbonyl (C=O) groups excluding carboxylic acids is 2. The number of thiophene rings is 1. The van der Waals surface area contributed by atoms with E-state index in [0.29, 0.717) is 10.6 Å². The smallest absolute Gasteiger partial charge is 0.341 e. The van der Waals surface area contributed by atoms with Crippen molar-refractivity contribution in [2.75, 3.05) is 49.5 Å². The van der Waals surface area contributed by atoms with Gasteiger partial charge in [-0.25, -0.2) is 4.79 Å². The van der Waals surface area contributed by atoms with Crippen LogP contribution in [0, 0.1) is 6.92 Å². The number of amides is 1. The van der Waals surface area contributed by atoms with Crippen molar-refractivity contribution in [3.05, 3.63) is 70.1 Å². The van der Waals surface area contributed by atoms with Gasteiger partial charge in [-0.05, 0) is 37.1 Å². The second-order valence-corrected chi connectivity index (χ2v) is 9.50. The molecule has 1 amide bonds. The Morgan fingerprint density at radius 3 is 2.53 bits per heavy atom. The molecule has 3 aromatic rings. The minimum Gasteiger partial charge on any atom is -0.462 e. The SMILES string of the molecule is CCOC(=O)c1c(-c2ccccc2)csc1NC(=O)CN1CCN(c2cc(Cl)ccc2C)CC1. The van der Waals surface area contributed by atoms with E-state index < -0.39 is 5.97 Å². The number of hydrogen-bond donors (Lipinski definition) is 1. The van der Waals surface area contributed by atoms with Crippen LogP contribution in [-0.2, 0) is 9.53 Å². The topological polar surface area (TPSA) is 61.9 Å². The second kappa shape index (κ2) is 11.0. The highest BCUT2D eigenvalue weighted by Crippen LogP contribution is 2.36. The molecule has 1 N–H and O–H groups in total. The molecule has 0 spiro atoms. The van der Waals surface area contributed by atoms with E-state index in [-0.39, 0.29) is 19.1 Å². The Hall–Kier alpha value is -2.87. The molecule has 2 aromatic carbocycles. The van der Waals surface area contributed by atoms with Gasteiger partial charge in [0.25, 0.3) is 0 Å². The van der Waals surface area contributed by atoms with Crippen LogP contribution in [0.15, 0.2) is 53.9 Å². The average molecular weight is 498 g/mol. The highest BCUT2D eigenvalue weighted by atomic mass is 35.5. The number of carbonyl (C=O) groups is 2. The lowest BCUT2D eigenvalue weighted by Crippen LogP contribution is -2.48. The quantitative estimate of drug-likeness (QED) is 0.448. The molecule has 1 fully saturated rings. The third-order valence-electron chi connectivity index (χ3n) is 5.86. The maximum absolute atomic E-state index is 12.9.